The fourth-order valence-corrected chi connectivity index (χ4v) is 1.82. The number of hydrogen-bond donors (Lipinski definition) is 2. The van der Waals surface area contributed by atoms with Crippen LogP contribution < -0.4 is 20.1 Å². The number of halogens is 1. The zero-order chi connectivity index (χ0) is 15.1. The van der Waals surface area contributed by atoms with Crippen LogP contribution in [0.15, 0.2) is 48.5 Å². The molecular formula is C15H15ClN2O3. The van der Waals surface area contributed by atoms with Crippen molar-refractivity contribution in [3.05, 3.63) is 53.6 Å². The van der Waals surface area contributed by atoms with E-state index in [0.29, 0.717) is 22.2 Å². The van der Waals surface area contributed by atoms with Gasteiger partial charge in [0.1, 0.15) is 11.5 Å². The van der Waals surface area contributed by atoms with Crippen LogP contribution in [0.1, 0.15) is 0 Å². The lowest BCUT2D eigenvalue weighted by atomic mass is 10.3. The van der Waals surface area contributed by atoms with Crippen LogP contribution in [0.5, 0.6) is 11.5 Å². The van der Waals surface area contributed by atoms with Crippen LogP contribution in [0.3, 0.4) is 0 Å². The lowest BCUT2D eigenvalue weighted by molar-refractivity contribution is 0.234. The number of ether oxygens (including phenoxy) is 2. The Morgan fingerprint density at radius 3 is 2.67 bits per heavy atom. The molecule has 0 aliphatic heterocycles. The second-order valence-electron chi connectivity index (χ2n) is 4.08. The van der Waals surface area contributed by atoms with Gasteiger partial charge in [0.25, 0.3) is 0 Å². The number of nitrogens with one attached hydrogen (secondary N) is 2. The Balaban J connectivity index is 1.86. The van der Waals surface area contributed by atoms with E-state index in [-0.39, 0.29) is 6.73 Å². The molecule has 2 N–H and O–H groups in total. The Morgan fingerprint density at radius 2 is 1.95 bits per heavy atom. The Hall–Kier alpha value is -2.40. The highest BCUT2D eigenvalue weighted by Gasteiger charge is 2.07. The van der Waals surface area contributed by atoms with E-state index in [1.54, 1.807) is 30.3 Å². The van der Waals surface area contributed by atoms with Gasteiger partial charge in [0, 0.05) is 5.02 Å². The third-order valence-electron chi connectivity index (χ3n) is 2.62. The summed E-state index contributed by atoms with van der Waals surface area (Å²) in [4.78, 5) is 11.8. The molecule has 21 heavy (non-hydrogen) atoms. The predicted molar refractivity (Wildman–Crippen MR) is 82.1 cm³/mol. The number of amides is 2. The minimum atomic E-state index is -0.411. The summed E-state index contributed by atoms with van der Waals surface area (Å²) < 4.78 is 10.5. The van der Waals surface area contributed by atoms with Crippen molar-refractivity contribution in [2.75, 3.05) is 19.2 Å². The second kappa shape index (κ2) is 7.40. The molecule has 0 saturated carbocycles. The summed E-state index contributed by atoms with van der Waals surface area (Å²) in [6.07, 6.45) is 0. The van der Waals surface area contributed by atoms with Gasteiger partial charge in [0.05, 0.1) is 12.8 Å². The number of carbonyl (C=O) groups is 1. The predicted octanol–water partition coefficient (Wildman–Crippen LogP) is 3.51. The lowest BCUT2D eigenvalue weighted by Gasteiger charge is -2.12. The quantitative estimate of drug-likeness (QED) is 0.831. The molecule has 2 aromatic carbocycles. The van der Waals surface area contributed by atoms with E-state index >= 15 is 0 Å². The molecule has 0 radical (unpaired) electrons. The van der Waals surface area contributed by atoms with Crippen molar-refractivity contribution < 1.29 is 14.3 Å². The summed E-state index contributed by atoms with van der Waals surface area (Å²) >= 11 is 5.89. The number of urea groups is 1. The first kappa shape index (κ1) is 15.0. The monoisotopic (exact) mass is 306 g/mol. The van der Waals surface area contributed by atoms with Crippen molar-refractivity contribution in [2.45, 2.75) is 0 Å². The lowest BCUT2D eigenvalue weighted by Crippen LogP contribution is -2.32. The molecule has 0 bridgehead atoms. The van der Waals surface area contributed by atoms with E-state index in [0.717, 1.165) is 0 Å². The van der Waals surface area contributed by atoms with Crippen LogP contribution in [-0.2, 0) is 0 Å². The minimum Gasteiger partial charge on any atom is -0.495 e. The van der Waals surface area contributed by atoms with Crippen LogP contribution in [0.2, 0.25) is 5.02 Å². The molecule has 0 aliphatic carbocycles. The van der Waals surface area contributed by atoms with Gasteiger partial charge in [-0.3, -0.25) is 0 Å². The van der Waals surface area contributed by atoms with E-state index in [2.05, 4.69) is 10.6 Å². The zero-order valence-electron chi connectivity index (χ0n) is 11.4. The van der Waals surface area contributed by atoms with Crippen LogP contribution in [-0.4, -0.2) is 19.9 Å². The summed E-state index contributed by atoms with van der Waals surface area (Å²) in [6, 6.07) is 13.8. The molecular weight excluding hydrogens is 292 g/mol. The van der Waals surface area contributed by atoms with Crippen LogP contribution in [0.25, 0.3) is 0 Å². The van der Waals surface area contributed by atoms with Crippen molar-refractivity contribution in [3.8, 4) is 11.5 Å². The Kier molecular flexibility index (Phi) is 5.29. The summed E-state index contributed by atoms with van der Waals surface area (Å²) in [7, 11) is 1.52. The van der Waals surface area contributed by atoms with E-state index in [4.69, 9.17) is 21.1 Å². The van der Waals surface area contributed by atoms with Crippen LogP contribution >= 0.6 is 11.6 Å². The van der Waals surface area contributed by atoms with Gasteiger partial charge in [-0.25, -0.2) is 4.79 Å². The van der Waals surface area contributed by atoms with Gasteiger partial charge in [-0.05, 0) is 30.3 Å². The van der Waals surface area contributed by atoms with E-state index in [1.165, 1.54) is 7.11 Å². The van der Waals surface area contributed by atoms with Crippen molar-refractivity contribution >= 4 is 23.3 Å². The molecule has 5 nitrogen and oxygen atoms in total. The first-order valence-electron chi connectivity index (χ1n) is 6.25. The van der Waals surface area contributed by atoms with Gasteiger partial charge < -0.3 is 20.1 Å². The highest BCUT2D eigenvalue weighted by atomic mass is 35.5. The number of rotatable bonds is 5. The first-order valence-corrected chi connectivity index (χ1v) is 6.63. The average Bonchev–Trinajstić information content (AvgIpc) is 2.48. The normalized spacial score (nSPS) is 9.81. The maximum absolute atomic E-state index is 11.8. The van der Waals surface area contributed by atoms with E-state index in [9.17, 15) is 4.79 Å². The number of anilines is 1. The zero-order valence-corrected chi connectivity index (χ0v) is 12.2. The fourth-order valence-electron chi connectivity index (χ4n) is 1.65. The molecule has 0 spiro atoms. The van der Waals surface area contributed by atoms with Gasteiger partial charge >= 0.3 is 6.03 Å². The Morgan fingerprint density at radius 1 is 1.19 bits per heavy atom. The molecule has 0 aromatic heterocycles. The van der Waals surface area contributed by atoms with Crippen LogP contribution in [0, 0.1) is 0 Å². The Labute approximate surface area is 127 Å². The number of para-hydroxylation sites is 1. The van der Waals surface area contributed by atoms with Crippen molar-refractivity contribution in [3.63, 3.8) is 0 Å². The molecule has 0 aliphatic rings. The molecule has 2 rings (SSSR count). The van der Waals surface area contributed by atoms with Gasteiger partial charge in [-0.1, -0.05) is 29.8 Å². The van der Waals surface area contributed by atoms with E-state index in [1.807, 2.05) is 18.2 Å². The molecule has 0 saturated heterocycles. The van der Waals surface area contributed by atoms with Crippen molar-refractivity contribution in [1.82, 2.24) is 5.32 Å². The SMILES string of the molecule is COc1ccc(Cl)cc1NC(=O)NCOc1ccccc1. The summed E-state index contributed by atoms with van der Waals surface area (Å²) in [5.41, 5.74) is 0.488. The first-order chi connectivity index (χ1) is 10.2. The van der Waals surface area contributed by atoms with Gasteiger partial charge in [-0.2, -0.15) is 0 Å². The number of carbonyl (C=O) groups excluding carboxylic acids is 1. The third-order valence-corrected chi connectivity index (χ3v) is 2.86. The largest absolute Gasteiger partial charge is 0.495 e. The van der Waals surface area contributed by atoms with Gasteiger partial charge in [-0.15, -0.1) is 0 Å². The molecule has 0 fully saturated rings. The summed E-state index contributed by atoms with van der Waals surface area (Å²) in [6.45, 7) is 0.0543. The van der Waals surface area contributed by atoms with Gasteiger partial charge in [0.15, 0.2) is 6.73 Å². The minimum absolute atomic E-state index is 0.0543. The maximum Gasteiger partial charge on any atom is 0.321 e. The van der Waals surface area contributed by atoms with Crippen molar-refractivity contribution in [1.29, 1.82) is 0 Å². The van der Waals surface area contributed by atoms with Crippen LogP contribution in [0.4, 0.5) is 10.5 Å². The summed E-state index contributed by atoms with van der Waals surface area (Å²) in [5, 5.41) is 5.73. The number of methoxy groups -OCH3 is 1. The molecule has 2 amide bonds. The molecule has 0 heterocycles. The number of benzene rings is 2. The highest BCUT2D eigenvalue weighted by Crippen LogP contribution is 2.27. The van der Waals surface area contributed by atoms with E-state index < -0.39 is 6.03 Å². The molecule has 6 heteroatoms. The topological polar surface area (TPSA) is 59.6 Å². The fraction of sp³-hybridized carbons (Fsp3) is 0.133. The molecule has 0 atom stereocenters. The Bertz CT molecular complexity index is 605. The molecule has 2 aromatic rings. The number of hydrogen-bond acceptors (Lipinski definition) is 3. The third kappa shape index (κ3) is 4.57. The summed E-state index contributed by atoms with van der Waals surface area (Å²) in [5.74, 6) is 1.21. The smallest absolute Gasteiger partial charge is 0.321 e. The average molecular weight is 307 g/mol. The second-order valence-corrected chi connectivity index (χ2v) is 4.51. The maximum atomic E-state index is 11.8. The van der Waals surface area contributed by atoms with Gasteiger partial charge in [0.2, 0.25) is 0 Å². The standard InChI is InChI=1S/C15H15ClN2O3/c1-20-14-8-7-11(16)9-13(14)18-15(19)17-10-21-12-5-3-2-4-6-12/h2-9H,10H2,1H3,(H2,17,18,19). The highest BCUT2D eigenvalue weighted by molar-refractivity contribution is 6.31. The molecule has 0 unspecified atom stereocenters. The molecule has 110 valence electrons. The van der Waals surface area contributed by atoms with Crippen molar-refractivity contribution in [2.24, 2.45) is 0 Å².